The summed E-state index contributed by atoms with van der Waals surface area (Å²) in [7, 11) is 0. The maximum Gasteiger partial charge on any atom is 0.303 e. The summed E-state index contributed by atoms with van der Waals surface area (Å²) < 4.78 is 12.9. The van der Waals surface area contributed by atoms with Crippen molar-refractivity contribution < 1.29 is 24.2 Å². The summed E-state index contributed by atoms with van der Waals surface area (Å²) >= 11 is 6.24. The molecule has 3 N–H and O–H groups in total. The number of piperidine rings is 1. The van der Waals surface area contributed by atoms with Gasteiger partial charge in [-0.15, -0.1) is 0 Å². The van der Waals surface area contributed by atoms with E-state index in [1.165, 1.54) is 0 Å². The van der Waals surface area contributed by atoms with Crippen LogP contribution in [0.5, 0.6) is 5.75 Å². The maximum atomic E-state index is 12.7. The highest BCUT2D eigenvalue weighted by molar-refractivity contribution is 6.30. The highest BCUT2D eigenvalue weighted by Gasteiger charge is 2.51. The minimum Gasteiger partial charge on any atom is -0.487 e. The third kappa shape index (κ3) is 4.03. The molecule has 0 radical (unpaired) electrons. The van der Waals surface area contributed by atoms with Crippen molar-refractivity contribution >= 4 is 23.5 Å². The van der Waals surface area contributed by atoms with E-state index in [-0.39, 0.29) is 42.8 Å². The Hall–Kier alpha value is -1.83. The zero-order valence-corrected chi connectivity index (χ0v) is 18.1. The van der Waals surface area contributed by atoms with Gasteiger partial charge in [0, 0.05) is 41.9 Å². The highest BCUT2D eigenvalue weighted by atomic mass is 35.5. The standard InChI is InChI=1S/C22H29ClN2O5/c1-22(2)15-9-12-11-25(21(28)16(24)4-6-19(26)27)8-7-17(12)29-20(15)14-10-13(23)3-5-18(14)30-22/h3,5,10,12,15-17,20H,4,6-9,11,24H2,1-2H3,(H,26,27)/t12-,15+,16-,17+,20-/m0/s1. The number of fused-ring (bicyclic) bond motifs is 4. The monoisotopic (exact) mass is 436 g/mol. The van der Waals surface area contributed by atoms with Gasteiger partial charge in [-0.2, -0.15) is 0 Å². The molecule has 8 heteroatoms. The molecule has 0 unspecified atom stereocenters. The molecule has 0 aliphatic carbocycles. The lowest BCUT2D eigenvalue weighted by Crippen LogP contribution is -2.57. The fourth-order valence-electron chi connectivity index (χ4n) is 5.12. The van der Waals surface area contributed by atoms with E-state index >= 15 is 0 Å². The van der Waals surface area contributed by atoms with Crippen LogP contribution in [0.15, 0.2) is 18.2 Å². The van der Waals surface area contributed by atoms with Crippen molar-refractivity contribution in [2.24, 2.45) is 17.6 Å². The average molecular weight is 437 g/mol. The summed E-state index contributed by atoms with van der Waals surface area (Å²) in [6.07, 6.45) is 1.64. The van der Waals surface area contributed by atoms with E-state index < -0.39 is 17.6 Å². The van der Waals surface area contributed by atoms with Gasteiger partial charge >= 0.3 is 5.97 Å². The third-order valence-electron chi connectivity index (χ3n) is 6.75. The SMILES string of the molecule is CC1(C)Oc2ccc(Cl)cc2[C@@H]2O[C@@H]3CCN(C(=O)[C@@H](N)CCC(=O)O)C[C@@H]3C[C@H]21. The number of aliphatic carboxylic acids is 1. The second-order valence-electron chi connectivity index (χ2n) is 9.20. The van der Waals surface area contributed by atoms with E-state index in [0.29, 0.717) is 18.1 Å². The van der Waals surface area contributed by atoms with Crippen molar-refractivity contribution in [1.82, 2.24) is 4.90 Å². The molecule has 0 bridgehead atoms. The van der Waals surface area contributed by atoms with Gasteiger partial charge < -0.3 is 25.2 Å². The molecule has 2 fully saturated rings. The van der Waals surface area contributed by atoms with Gasteiger partial charge in [0.25, 0.3) is 0 Å². The van der Waals surface area contributed by atoms with E-state index in [9.17, 15) is 9.59 Å². The Kier molecular flexibility index (Phi) is 5.72. The van der Waals surface area contributed by atoms with Crippen LogP contribution in [-0.2, 0) is 14.3 Å². The lowest BCUT2D eigenvalue weighted by atomic mass is 9.70. The van der Waals surface area contributed by atoms with Gasteiger partial charge in [-0.3, -0.25) is 9.59 Å². The van der Waals surface area contributed by atoms with Crippen LogP contribution < -0.4 is 10.5 Å². The number of likely N-dealkylation sites (tertiary alicyclic amines) is 1. The van der Waals surface area contributed by atoms with Gasteiger partial charge in [-0.1, -0.05) is 11.6 Å². The second kappa shape index (κ2) is 8.02. The van der Waals surface area contributed by atoms with Gasteiger partial charge in [0.1, 0.15) is 11.4 Å². The van der Waals surface area contributed by atoms with Gasteiger partial charge in [-0.05, 0) is 51.3 Å². The van der Waals surface area contributed by atoms with Crippen LogP contribution in [0.25, 0.3) is 0 Å². The first-order chi connectivity index (χ1) is 14.2. The molecule has 164 valence electrons. The number of hydrogen-bond acceptors (Lipinski definition) is 5. The van der Waals surface area contributed by atoms with Crippen LogP contribution in [0.1, 0.15) is 51.2 Å². The summed E-state index contributed by atoms with van der Waals surface area (Å²) in [6.45, 7) is 5.31. The topological polar surface area (TPSA) is 102 Å². The number of benzene rings is 1. The first kappa shape index (κ1) is 21.4. The number of rotatable bonds is 4. The number of nitrogens with two attached hydrogens (primary N) is 1. The average Bonchev–Trinajstić information content (AvgIpc) is 2.70. The predicted molar refractivity (Wildman–Crippen MR) is 111 cm³/mol. The molecule has 3 heterocycles. The number of ether oxygens (including phenoxy) is 2. The Morgan fingerprint density at radius 2 is 2.17 bits per heavy atom. The lowest BCUT2D eigenvalue weighted by Gasteiger charge is -2.53. The van der Waals surface area contributed by atoms with E-state index in [0.717, 1.165) is 24.2 Å². The maximum absolute atomic E-state index is 12.7. The molecule has 30 heavy (non-hydrogen) atoms. The van der Waals surface area contributed by atoms with Crippen molar-refractivity contribution in [3.8, 4) is 5.75 Å². The molecule has 0 saturated carbocycles. The van der Waals surface area contributed by atoms with Gasteiger partial charge in [-0.25, -0.2) is 0 Å². The minimum absolute atomic E-state index is 0.0614. The molecular weight excluding hydrogens is 408 g/mol. The fourth-order valence-corrected chi connectivity index (χ4v) is 5.30. The quantitative estimate of drug-likeness (QED) is 0.752. The molecule has 5 atom stereocenters. The Balaban J connectivity index is 1.49. The van der Waals surface area contributed by atoms with E-state index in [2.05, 4.69) is 13.8 Å². The van der Waals surface area contributed by atoms with Crippen molar-refractivity contribution in [3.05, 3.63) is 28.8 Å². The number of halogens is 1. The van der Waals surface area contributed by atoms with Crippen LogP contribution in [0.4, 0.5) is 0 Å². The van der Waals surface area contributed by atoms with Crippen LogP contribution >= 0.6 is 11.6 Å². The number of carbonyl (C=O) groups excluding carboxylic acids is 1. The molecule has 3 aliphatic rings. The van der Waals surface area contributed by atoms with Crippen LogP contribution in [-0.4, -0.2) is 52.7 Å². The Bertz CT molecular complexity index is 845. The largest absolute Gasteiger partial charge is 0.487 e. The normalized spacial score (nSPS) is 30.3. The Morgan fingerprint density at radius 3 is 2.90 bits per heavy atom. The lowest BCUT2D eigenvalue weighted by molar-refractivity contribution is -0.189. The summed E-state index contributed by atoms with van der Waals surface area (Å²) in [5.41, 5.74) is 6.56. The third-order valence-corrected chi connectivity index (χ3v) is 6.99. The van der Waals surface area contributed by atoms with Crippen molar-refractivity contribution in [3.63, 3.8) is 0 Å². The van der Waals surface area contributed by atoms with Crippen LogP contribution in [0, 0.1) is 11.8 Å². The summed E-state index contributed by atoms with van der Waals surface area (Å²) in [6, 6.07) is 4.90. The summed E-state index contributed by atoms with van der Waals surface area (Å²) in [5, 5.41) is 9.50. The van der Waals surface area contributed by atoms with E-state index in [1.54, 1.807) is 4.90 Å². The number of carbonyl (C=O) groups is 2. The van der Waals surface area contributed by atoms with Crippen LogP contribution in [0.2, 0.25) is 5.02 Å². The fraction of sp³-hybridized carbons (Fsp3) is 0.636. The first-order valence-corrected chi connectivity index (χ1v) is 10.9. The van der Waals surface area contributed by atoms with E-state index in [4.69, 9.17) is 31.9 Å². The number of nitrogens with zero attached hydrogens (tertiary/aromatic N) is 1. The number of amides is 1. The molecule has 7 nitrogen and oxygen atoms in total. The van der Waals surface area contributed by atoms with Crippen molar-refractivity contribution in [2.45, 2.75) is 63.4 Å². The van der Waals surface area contributed by atoms with Crippen LogP contribution in [0.3, 0.4) is 0 Å². The predicted octanol–water partition coefficient (Wildman–Crippen LogP) is 3.00. The molecule has 1 amide bonds. The smallest absolute Gasteiger partial charge is 0.303 e. The number of hydrogen-bond donors (Lipinski definition) is 2. The zero-order chi connectivity index (χ0) is 21.6. The van der Waals surface area contributed by atoms with Gasteiger partial charge in [0.2, 0.25) is 5.91 Å². The summed E-state index contributed by atoms with van der Waals surface area (Å²) in [4.78, 5) is 25.3. The van der Waals surface area contributed by atoms with Crippen molar-refractivity contribution in [2.75, 3.05) is 13.1 Å². The highest BCUT2D eigenvalue weighted by Crippen LogP contribution is 2.53. The van der Waals surface area contributed by atoms with Crippen molar-refractivity contribution in [1.29, 1.82) is 0 Å². The number of carboxylic acids is 1. The zero-order valence-electron chi connectivity index (χ0n) is 17.3. The molecule has 4 rings (SSSR count). The molecule has 3 aliphatic heterocycles. The molecule has 1 aromatic rings. The van der Waals surface area contributed by atoms with Gasteiger partial charge in [0.05, 0.1) is 18.2 Å². The Labute approximate surface area is 181 Å². The molecular formula is C22H29ClN2O5. The van der Waals surface area contributed by atoms with E-state index in [1.807, 2.05) is 18.2 Å². The minimum atomic E-state index is -0.941. The molecule has 0 spiro atoms. The first-order valence-electron chi connectivity index (χ1n) is 10.6. The molecule has 2 saturated heterocycles. The molecule has 0 aromatic heterocycles. The van der Waals surface area contributed by atoms with Gasteiger partial charge in [0.15, 0.2) is 0 Å². The number of carboxylic acid groups (broad SMARTS) is 1. The Morgan fingerprint density at radius 1 is 1.40 bits per heavy atom. The second-order valence-corrected chi connectivity index (χ2v) is 9.63. The summed E-state index contributed by atoms with van der Waals surface area (Å²) in [5.74, 6) is 0.0394. The molecule has 1 aromatic carbocycles.